The Balaban J connectivity index is 1.45. The lowest BCUT2D eigenvalue weighted by molar-refractivity contribution is -0.122. The third-order valence-corrected chi connectivity index (χ3v) is 7.80. The number of nitrogens with zero attached hydrogens (tertiary/aromatic N) is 5. The Bertz CT molecular complexity index is 1550. The van der Waals surface area contributed by atoms with Gasteiger partial charge in [-0.25, -0.2) is 15.0 Å². The number of fused-ring (bicyclic) bond motifs is 2. The van der Waals surface area contributed by atoms with Crippen molar-refractivity contribution in [3.05, 3.63) is 58.1 Å². The maximum Gasteiger partial charge on any atom is 0.255 e. The van der Waals surface area contributed by atoms with Crippen LogP contribution in [0.4, 0.5) is 5.82 Å². The van der Waals surface area contributed by atoms with Crippen molar-refractivity contribution in [1.82, 2.24) is 35.1 Å². The molecule has 2 amide bonds. The second-order valence-electron chi connectivity index (χ2n) is 10.3. The number of nitrogens with one attached hydrogen (secondary N) is 3. The van der Waals surface area contributed by atoms with Gasteiger partial charge in [0.25, 0.3) is 5.91 Å². The molecule has 2 aromatic carbocycles. The molecule has 10 nitrogen and oxygen atoms in total. The smallest absolute Gasteiger partial charge is 0.255 e. The summed E-state index contributed by atoms with van der Waals surface area (Å²) in [5.41, 5.74) is 2.58. The van der Waals surface area contributed by atoms with Gasteiger partial charge in [0.2, 0.25) is 5.91 Å². The largest absolute Gasteiger partial charge is 0.359 e. The van der Waals surface area contributed by atoms with E-state index in [1.807, 2.05) is 43.0 Å². The van der Waals surface area contributed by atoms with Crippen molar-refractivity contribution in [3.63, 3.8) is 0 Å². The van der Waals surface area contributed by atoms with Gasteiger partial charge in [-0.05, 0) is 70.6 Å². The van der Waals surface area contributed by atoms with Crippen molar-refractivity contribution in [1.29, 1.82) is 0 Å². The van der Waals surface area contributed by atoms with Crippen molar-refractivity contribution in [3.8, 4) is 0 Å². The van der Waals surface area contributed by atoms with Crippen molar-refractivity contribution in [2.75, 3.05) is 32.5 Å². The van der Waals surface area contributed by atoms with Gasteiger partial charge in [-0.3, -0.25) is 14.5 Å². The number of hydrogen-bond acceptors (Lipinski definition) is 7. The van der Waals surface area contributed by atoms with Gasteiger partial charge in [-0.15, -0.1) is 0 Å². The summed E-state index contributed by atoms with van der Waals surface area (Å²) in [6.07, 6.45) is 4.03. The molecule has 1 aliphatic rings. The molecular weight excluding hydrogens is 551 g/mol. The first-order valence-electron chi connectivity index (χ1n) is 13.3. The number of halogens is 2. The van der Waals surface area contributed by atoms with Crippen LogP contribution in [0.2, 0.25) is 10.0 Å². The van der Waals surface area contributed by atoms with Crippen LogP contribution in [-0.2, 0) is 4.79 Å². The molecule has 210 valence electrons. The zero-order valence-corrected chi connectivity index (χ0v) is 24.2. The second-order valence-corrected chi connectivity index (χ2v) is 11.1. The van der Waals surface area contributed by atoms with Crippen molar-refractivity contribution < 1.29 is 9.59 Å². The first-order valence-corrected chi connectivity index (χ1v) is 14.1. The van der Waals surface area contributed by atoms with Gasteiger partial charge in [0, 0.05) is 29.9 Å². The highest BCUT2D eigenvalue weighted by molar-refractivity contribution is 6.35. The molecule has 2 atom stereocenters. The van der Waals surface area contributed by atoms with Gasteiger partial charge >= 0.3 is 0 Å². The van der Waals surface area contributed by atoms with Gasteiger partial charge in [-0.2, -0.15) is 0 Å². The number of aromatic nitrogens is 4. The zero-order chi connectivity index (χ0) is 28.4. The first kappa shape index (κ1) is 28.1. The molecule has 2 aromatic heterocycles. The van der Waals surface area contributed by atoms with Crippen molar-refractivity contribution in [2.24, 2.45) is 0 Å². The van der Waals surface area contributed by atoms with Crippen LogP contribution in [-0.4, -0.2) is 74.9 Å². The number of rotatable bonds is 9. The Morgan fingerprint density at radius 3 is 2.62 bits per heavy atom. The third kappa shape index (κ3) is 6.14. The predicted molar refractivity (Wildman–Crippen MR) is 158 cm³/mol. The maximum atomic E-state index is 13.1. The SMILES string of the molecule is CC(NC(=O)CCC(Nc1ncnc2cc(C(=O)N3CCCC3)c(Cl)cc12)c1nc2ccc(Cl)cc2[nH]1)N(C)C. The number of aromatic amines is 1. The van der Waals surface area contributed by atoms with Gasteiger partial charge < -0.3 is 20.5 Å². The van der Waals surface area contributed by atoms with Crippen molar-refractivity contribution in [2.45, 2.75) is 44.8 Å². The van der Waals surface area contributed by atoms with Gasteiger partial charge in [-0.1, -0.05) is 23.2 Å². The highest BCUT2D eigenvalue weighted by atomic mass is 35.5. The number of carbonyl (C=O) groups is 2. The topological polar surface area (TPSA) is 119 Å². The van der Waals surface area contributed by atoms with Gasteiger partial charge in [0.05, 0.1) is 39.3 Å². The lowest BCUT2D eigenvalue weighted by Crippen LogP contribution is -2.42. The molecule has 1 aliphatic heterocycles. The van der Waals surface area contributed by atoms with Crippen LogP contribution >= 0.6 is 23.2 Å². The summed E-state index contributed by atoms with van der Waals surface area (Å²) in [5.74, 6) is 1.00. The minimum atomic E-state index is -0.394. The fraction of sp³-hybridized carbons (Fsp3) is 0.393. The Hall–Kier alpha value is -3.47. The molecule has 4 aromatic rings. The van der Waals surface area contributed by atoms with E-state index >= 15 is 0 Å². The number of carbonyl (C=O) groups excluding carboxylic acids is 2. The highest BCUT2D eigenvalue weighted by Crippen LogP contribution is 2.32. The molecule has 12 heteroatoms. The maximum absolute atomic E-state index is 13.1. The normalized spacial score (nSPS) is 15.1. The number of anilines is 1. The van der Waals surface area contributed by atoms with Crippen LogP contribution in [0.5, 0.6) is 0 Å². The lowest BCUT2D eigenvalue weighted by Gasteiger charge is -2.22. The standard InChI is InChI=1S/C28H32Cl2N8O2/c1-16(37(2)3)33-25(39)9-8-22(27-34-21-7-6-17(29)12-24(21)36-27)35-26-19-13-20(30)18(14-23(19)31-15-32-26)28(40)38-10-4-5-11-38/h6-7,12-16,22H,4-5,8-11H2,1-3H3,(H,33,39)(H,34,36)(H,31,32,35). The summed E-state index contributed by atoms with van der Waals surface area (Å²) < 4.78 is 0. The van der Waals surface area contributed by atoms with E-state index in [1.54, 1.807) is 18.2 Å². The molecule has 0 saturated carbocycles. The minimum Gasteiger partial charge on any atom is -0.359 e. The molecule has 0 spiro atoms. The Labute approximate surface area is 242 Å². The Morgan fingerprint density at radius 2 is 1.88 bits per heavy atom. The van der Waals surface area contributed by atoms with E-state index in [9.17, 15) is 9.59 Å². The molecule has 0 radical (unpaired) electrons. The highest BCUT2D eigenvalue weighted by Gasteiger charge is 2.24. The summed E-state index contributed by atoms with van der Waals surface area (Å²) in [6, 6.07) is 8.50. The van der Waals surface area contributed by atoms with Crippen LogP contribution in [0.3, 0.4) is 0 Å². The molecule has 0 aliphatic carbocycles. The third-order valence-electron chi connectivity index (χ3n) is 7.26. The van der Waals surface area contributed by atoms with E-state index in [2.05, 4.69) is 25.6 Å². The van der Waals surface area contributed by atoms with E-state index in [0.717, 1.165) is 37.0 Å². The molecular formula is C28H32Cl2N8O2. The minimum absolute atomic E-state index is 0.0761. The van der Waals surface area contributed by atoms with E-state index in [-0.39, 0.29) is 24.4 Å². The molecule has 1 fully saturated rings. The number of hydrogen-bond donors (Lipinski definition) is 3. The second kappa shape index (κ2) is 12.0. The van der Waals surface area contributed by atoms with Crippen LogP contribution in [0.25, 0.3) is 21.9 Å². The molecule has 1 saturated heterocycles. The number of H-pyrrole nitrogens is 1. The molecule has 40 heavy (non-hydrogen) atoms. The molecule has 2 unspecified atom stereocenters. The lowest BCUT2D eigenvalue weighted by atomic mass is 10.1. The van der Waals surface area contributed by atoms with E-state index in [0.29, 0.717) is 44.6 Å². The number of imidazole rings is 1. The van der Waals surface area contributed by atoms with Crippen molar-refractivity contribution >= 4 is 62.8 Å². The monoisotopic (exact) mass is 582 g/mol. The van der Waals surface area contributed by atoms with Crippen LogP contribution in [0, 0.1) is 0 Å². The Kier molecular flexibility index (Phi) is 8.39. The summed E-state index contributed by atoms with van der Waals surface area (Å²) >= 11 is 12.8. The fourth-order valence-electron chi connectivity index (χ4n) is 4.76. The van der Waals surface area contributed by atoms with E-state index in [1.165, 1.54) is 6.33 Å². The molecule has 5 rings (SSSR count). The summed E-state index contributed by atoms with van der Waals surface area (Å²) in [4.78, 5) is 46.5. The molecule has 0 bridgehead atoms. The molecule has 3 N–H and O–H groups in total. The number of likely N-dealkylation sites (tertiary alicyclic amines) is 1. The van der Waals surface area contributed by atoms with Gasteiger partial charge in [0.15, 0.2) is 0 Å². The van der Waals surface area contributed by atoms with E-state index in [4.69, 9.17) is 28.2 Å². The molecule has 3 heterocycles. The Morgan fingerprint density at radius 1 is 1.10 bits per heavy atom. The zero-order valence-electron chi connectivity index (χ0n) is 22.7. The van der Waals surface area contributed by atoms with Crippen LogP contribution in [0.1, 0.15) is 54.8 Å². The summed E-state index contributed by atoms with van der Waals surface area (Å²) in [7, 11) is 3.81. The number of amides is 2. The first-order chi connectivity index (χ1) is 19.2. The summed E-state index contributed by atoms with van der Waals surface area (Å²) in [6.45, 7) is 3.39. The average Bonchev–Trinajstić information content (AvgIpc) is 3.60. The van der Waals surface area contributed by atoms with E-state index < -0.39 is 6.04 Å². The fourth-order valence-corrected chi connectivity index (χ4v) is 5.18. The predicted octanol–water partition coefficient (Wildman–Crippen LogP) is 5.01. The van der Waals surface area contributed by atoms with Crippen LogP contribution in [0.15, 0.2) is 36.7 Å². The average molecular weight is 584 g/mol. The van der Waals surface area contributed by atoms with Gasteiger partial charge in [0.1, 0.15) is 18.0 Å². The summed E-state index contributed by atoms with van der Waals surface area (Å²) in [5, 5.41) is 8.05. The number of benzene rings is 2. The quantitative estimate of drug-likeness (QED) is 0.237. The van der Waals surface area contributed by atoms with Crippen LogP contribution < -0.4 is 10.6 Å².